The third kappa shape index (κ3) is 5.13. The lowest BCUT2D eigenvalue weighted by Gasteiger charge is -2.35. The maximum atomic E-state index is 12.7. The van der Waals surface area contributed by atoms with Crippen LogP contribution >= 0.6 is 0 Å². The Hall–Kier alpha value is -0.570. The van der Waals surface area contributed by atoms with E-state index in [1.165, 1.54) is 12.8 Å². The second-order valence-electron chi connectivity index (χ2n) is 6.79. The maximum absolute atomic E-state index is 12.7. The summed E-state index contributed by atoms with van der Waals surface area (Å²) in [4.78, 5) is 14.8. The highest BCUT2D eigenvalue weighted by Gasteiger charge is 2.31. The van der Waals surface area contributed by atoms with Crippen molar-refractivity contribution in [2.75, 3.05) is 13.1 Å². The van der Waals surface area contributed by atoms with Gasteiger partial charge in [-0.2, -0.15) is 0 Å². The number of carbonyl (C=O) groups is 1. The maximum Gasteiger partial charge on any atom is 0.225 e. The van der Waals surface area contributed by atoms with E-state index < -0.39 is 0 Å². The summed E-state index contributed by atoms with van der Waals surface area (Å²) >= 11 is 0. The number of nitrogens with two attached hydrogens (primary N) is 1. The second-order valence-corrected chi connectivity index (χ2v) is 6.79. The molecule has 0 saturated heterocycles. The van der Waals surface area contributed by atoms with Crippen molar-refractivity contribution in [3.05, 3.63) is 0 Å². The van der Waals surface area contributed by atoms with Gasteiger partial charge in [-0.05, 0) is 51.5 Å². The van der Waals surface area contributed by atoms with Crippen LogP contribution in [-0.2, 0) is 4.79 Å². The number of nitrogens with zero attached hydrogens (tertiary/aromatic N) is 1. The van der Waals surface area contributed by atoms with E-state index in [9.17, 15) is 4.79 Å². The van der Waals surface area contributed by atoms with Gasteiger partial charge in [0.2, 0.25) is 5.91 Å². The summed E-state index contributed by atoms with van der Waals surface area (Å²) in [5.41, 5.74) is 5.66. The average molecular weight is 268 g/mol. The molecule has 19 heavy (non-hydrogen) atoms. The third-order valence-electron chi connectivity index (χ3n) is 4.18. The average Bonchev–Trinajstić information content (AvgIpc) is 2.35. The molecule has 2 atom stereocenters. The minimum absolute atomic E-state index is 0.242. The molecule has 1 aliphatic carbocycles. The van der Waals surface area contributed by atoms with Crippen molar-refractivity contribution in [2.45, 2.75) is 65.8 Å². The lowest BCUT2D eigenvalue weighted by molar-refractivity contribution is -0.139. The Kier molecular flexibility index (Phi) is 6.84. The minimum Gasteiger partial charge on any atom is -0.340 e. The topological polar surface area (TPSA) is 46.3 Å². The van der Waals surface area contributed by atoms with Crippen LogP contribution in [0.4, 0.5) is 0 Å². The third-order valence-corrected chi connectivity index (χ3v) is 4.18. The molecule has 1 fully saturated rings. The van der Waals surface area contributed by atoms with Crippen LogP contribution in [0.15, 0.2) is 0 Å². The Labute approximate surface area is 118 Å². The number of rotatable bonds is 6. The van der Waals surface area contributed by atoms with Gasteiger partial charge in [-0.25, -0.2) is 0 Å². The minimum atomic E-state index is 0.242. The molecule has 0 aromatic rings. The molecule has 3 nitrogen and oxygen atoms in total. The highest BCUT2D eigenvalue weighted by Crippen LogP contribution is 2.32. The van der Waals surface area contributed by atoms with Crippen LogP contribution in [0, 0.1) is 17.8 Å². The van der Waals surface area contributed by atoms with Gasteiger partial charge in [0.15, 0.2) is 0 Å². The summed E-state index contributed by atoms with van der Waals surface area (Å²) in [5.74, 6) is 1.83. The molecule has 1 aliphatic rings. The predicted molar refractivity (Wildman–Crippen MR) is 80.8 cm³/mol. The van der Waals surface area contributed by atoms with E-state index in [0.29, 0.717) is 23.8 Å². The molecular formula is C16H32N2O. The van der Waals surface area contributed by atoms with Gasteiger partial charge >= 0.3 is 0 Å². The SMILES string of the molecule is CC(C)CN(C(=O)C1CCCC(CCN)C1)C(C)C. The molecule has 0 spiro atoms. The van der Waals surface area contributed by atoms with Gasteiger partial charge in [-0.15, -0.1) is 0 Å². The monoisotopic (exact) mass is 268 g/mol. The fourth-order valence-electron chi connectivity index (χ4n) is 3.20. The van der Waals surface area contributed by atoms with Crippen LogP contribution < -0.4 is 5.73 Å². The van der Waals surface area contributed by atoms with Crippen molar-refractivity contribution in [1.29, 1.82) is 0 Å². The zero-order chi connectivity index (χ0) is 14.4. The van der Waals surface area contributed by atoms with E-state index in [1.807, 2.05) is 0 Å². The Morgan fingerprint density at radius 3 is 2.47 bits per heavy atom. The Morgan fingerprint density at radius 2 is 1.95 bits per heavy atom. The van der Waals surface area contributed by atoms with E-state index >= 15 is 0 Å². The highest BCUT2D eigenvalue weighted by molar-refractivity contribution is 5.79. The molecule has 1 amide bonds. The van der Waals surface area contributed by atoms with Crippen LogP contribution in [0.1, 0.15) is 59.8 Å². The van der Waals surface area contributed by atoms with Gasteiger partial charge < -0.3 is 10.6 Å². The summed E-state index contributed by atoms with van der Waals surface area (Å²) in [6.07, 6.45) is 5.65. The summed E-state index contributed by atoms with van der Waals surface area (Å²) in [6.45, 7) is 10.3. The van der Waals surface area contributed by atoms with Crippen LogP contribution in [-0.4, -0.2) is 29.9 Å². The fraction of sp³-hybridized carbons (Fsp3) is 0.938. The van der Waals surface area contributed by atoms with Crippen LogP contribution in [0.25, 0.3) is 0 Å². The molecule has 112 valence electrons. The van der Waals surface area contributed by atoms with E-state index in [0.717, 1.165) is 32.4 Å². The van der Waals surface area contributed by atoms with Crippen LogP contribution in [0.3, 0.4) is 0 Å². The van der Waals surface area contributed by atoms with Gasteiger partial charge in [-0.1, -0.05) is 26.7 Å². The summed E-state index contributed by atoms with van der Waals surface area (Å²) in [7, 11) is 0. The van der Waals surface area contributed by atoms with Gasteiger partial charge in [0, 0.05) is 18.5 Å². The van der Waals surface area contributed by atoms with Crippen molar-refractivity contribution in [3.8, 4) is 0 Å². The first-order chi connectivity index (χ1) is 8.95. The standard InChI is InChI=1S/C16H32N2O/c1-12(2)11-18(13(3)4)16(19)15-7-5-6-14(10-15)8-9-17/h12-15H,5-11,17H2,1-4H3. The predicted octanol–water partition coefficient (Wildman–Crippen LogP) is 3.03. The lowest BCUT2D eigenvalue weighted by Crippen LogP contribution is -2.44. The molecule has 0 aromatic heterocycles. The van der Waals surface area contributed by atoms with Crippen molar-refractivity contribution in [1.82, 2.24) is 4.90 Å². The van der Waals surface area contributed by atoms with E-state index in [4.69, 9.17) is 5.73 Å². The van der Waals surface area contributed by atoms with Gasteiger partial charge in [0.25, 0.3) is 0 Å². The van der Waals surface area contributed by atoms with E-state index in [1.54, 1.807) is 0 Å². The highest BCUT2D eigenvalue weighted by atomic mass is 16.2. The molecule has 0 radical (unpaired) electrons. The van der Waals surface area contributed by atoms with Crippen LogP contribution in [0.5, 0.6) is 0 Å². The summed E-state index contributed by atoms with van der Waals surface area (Å²) in [5, 5.41) is 0. The zero-order valence-electron chi connectivity index (χ0n) is 13.2. The molecule has 0 bridgehead atoms. The number of amides is 1. The van der Waals surface area contributed by atoms with Gasteiger partial charge in [-0.3, -0.25) is 4.79 Å². The summed E-state index contributed by atoms with van der Waals surface area (Å²) in [6, 6.07) is 0.310. The quantitative estimate of drug-likeness (QED) is 0.805. The first-order valence-corrected chi connectivity index (χ1v) is 7.96. The van der Waals surface area contributed by atoms with E-state index in [-0.39, 0.29) is 5.92 Å². The Morgan fingerprint density at radius 1 is 1.26 bits per heavy atom. The smallest absolute Gasteiger partial charge is 0.225 e. The second kappa shape index (κ2) is 7.88. The molecule has 3 heteroatoms. The van der Waals surface area contributed by atoms with Crippen molar-refractivity contribution in [3.63, 3.8) is 0 Å². The normalized spacial score (nSPS) is 23.9. The van der Waals surface area contributed by atoms with Crippen molar-refractivity contribution >= 4 is 5.91 Å². The molecule has 0 heterocycles. The van der Waals surface area contributed by atoms with E-state index in [2.05, 4.69) is 32.6 Å². The Balaban J connectivity index is 2.62. The zero-order valence-corrected chi connectivity index (χ0v) is 13.2. The molecule has 2 N–H and O–H groups in total. The number of hydrogen-bond donors (Lipinski definition) is 1. The van der Waals surface area contributed by atoms with Crippen molar-refractivity contribution in [2.24, 2.45) is 23.5 Å². The molecule has 0 aliphatic heterocycles. The largest absolute Gasteiger partial charge is 0.340 e. The number of carbonyl (C=O) groups excluding carboxylic acids is 1. The van der Waals surface area contributed by atoms with Gasteiger partial charge in [0.1, 0.15) is 0 Å². The molecular weight excluding hydrogens is 236 g/mol. The molecule has 2 unspecified atom stereocenters. The Bertz CT molecular complexity index is 274. The molecule has 1 saturated carbocycles. The van der Waals surface area contributed by atoms with Crippen molar-refractivity contribution < 1.29 is 4.79 Å². The fourth-order valence-corrected chi connectivity index (χ4v) is 3.20. The summed E-state index contributed by atoms with van der Waals surface area (Å²) < 4.78 is 0. The first-order valence-electron chi connectivity index (χ1n) is 7.96. The first kappa shape index (κ1) is 16.5. The van der Waals surface area contributed by atoms with Crippen LogP contribution in [0.2, 0.25) is 0 Å². The number of hydrogen-bond acceptors (Lipinski definition) is 2. The lowest BCUT2D eigenvalue weighted by atomic mass is 9.79. The van der Waals surface area contributed by atoms with Gasteiger partial charge in [0.05, 0.1) is 0 Å². The molecule has 0 aromatic carbocycles. The molecule has 1 rings (SSSR count).